The summed E-state index contributed by atoms with van der Waals surface area (Å²) in [5.74, 6) is 5.70. The minimum Gasteiger partial charge on any atom is -0.475 e. The van der Waals surface area contributed by atoms with Crippen molar-refractivity contribution in [2.75, 3.05) is 31.9 Å². The molecule has 0 aliphatic heterocycles. The molecule has 0 atom stereocenters. The quantitative estimate of drug-likeness (QED) is 0.0279. The van der Waals surface area contributed by atoms with Gasteiger partial charge in [-0.1, -0.05) is 94.6 Å². The summed E-state index contributed by atoms with van der Waals surface area (Å²) in [7, 11) is 0. The Morgan fingerprint density at radius 3 is 0.956 bits per heavy atom. The van der Waals surface area contributed by atoms with Crippen molar-refractivity contribution >= 4 is 138 Å². The van der Waals surface area contributed by atoms with E-state index in [1.165, 1.54) is 44.9 Å². The lowest BCUT2D eigenvalue weighted by molar-refractivity contribution is -0.120. The molecule has 33 heteroatoms. The summed E-state index contributed by atoms with van der Waals surface area (Å²) < 4.78 is 18.0. The highest BCUT2D eigenvalue weighted by Crippen LogP contribution is 2.45. The number of aryl methyl sites for hydroxylation is 6. The van der Waals surface area contributed by atoms with E-state index in [4.69, 9.17) is 4.74 Å². The first-order valence-electron chi connectivity index (χ1n) is 49.4. The Morgan fingerprint density at radius 2 is 0.664 bits per heavy atom. The normalized spacial score (nSPS) is 15.6. The van der Waals surface area contributed by atoms with Crippen LogP contribution in [0.15, 0.2) is 91.1 Å². The van der Waals surface area contributed by atoms with Crippen molar-refractivity contribution in [3.8, 4) is 11.7 Å². The molecule has 13 aromatic rings. The van der Waals surface area contributed by atoms with Crippen LogP contribution in [0.25, 0.3) is 72.8 Å². The van der Waals surface area contributed by atoms with E-state index in [0.29, 0.717) is 133 Å². The average Bonchev–Trinajstić information content (AvgIpc) is 1.65. The van der Waals surface area contributed by atoms with Gasteiger partial charge in [0.25, 0.3) is 0 Å². The molecule has 7 N–H and O–H groups in total. The summed E-state index contributed by atoms with van der Waals surface area (Å²) in [5, 5.41) is 27.6. The number of nitrogens with zero attached hydrogens (tertiary/aromatic N) is 19. The molecule has 0 saturated heterocycles. The highest BCUT2D eigenvalue weighted by molar-refractivity contribution is 5.96. The second-order valence-electron chi connectivity index (χ2n) is 42.1. The van der Waals surface area contributed by atoms with E-state index in [-0.39, 0.29) is 58.8 Å². The number of hydrogen-bond acceptors (Lipinski definition) is 21. The first kappa shape index (κ1) is 100. The lowest BCUT2D eigenvalue weighted by atomic mass is 9.68. The number of carbonyl (C=O) groups is 6. The molecule has 33 nitrogen and oxygen atoms in total. The second kappa shape index (κ2) is 43.4. The number of amides is 6. The van der Waals surface area contributed by atoms with Crippen LogP contribution < -0.4 is 36.6 Å². The highest BCUT2D eigenvalue weighted by Gasteiger charge is 2.37. The third-order valence-electron chi connectivity index (χ3n) is 25.5. The van der Waals surface area contributed by atoms with Crippen molar-refractivity contribution in [3.05, 3.63) is 125 Å². The number of nitrogens with one attached hydrogen (secondary N) is 6. The van der Waals surface area contributed by atoms with Gasteiger partial charge in [-0.25, -0.2) is 64.4 Å². The molecule has 6 aliphatic carbocycles. The Labute approximate surface area is 802 Å². The van der Waals surface area contributed by atoms with Crippen LogP contribution in [-0.4, -0.2) is 144 Å². The molecular weight excluding hydrogens is 1730 g/mol. The van der Waals surface area contributed by atoms with Gasteiger partial charge in [0, 0.05) is 103 Å². The van der Waals surface area contributed by atoms with Crippen LogP contribution in [0.2, 0.25) is 0 Å². The molecule has 0 radical (unpaired) electrons. The van der Waals surface area contributed by atoms with Gasteiger partial charge in [0.1, 0.15) is 38.9 Å². The average molecular weight is 1870 g/mol. The zero-order valence-electron chi connectivity index (χ0n) is 83.8. The highest BCUT2D eigenvalue weighted by atomic mass is 16.5. The van der Waals surface area contributed by atoms with Crippen molar-refractivity contribution < 1.29 is 38.6 Å². The number of aliphatic hydroxyl groups is 1. The number of hydrogen-bond donors (Lipinski definition) is 7. The molecule has 6 saturated carbocycles. The minimum absolute atomic E-state index is 0.00686. The maximum atomic E-state index is 12.6. The van der Waals surface area contributed by atoms with Crippen molar-refractivity contribution in [2.45, 2.75) is 341 Å². The second-order valence-corrected chi connectivity index (χ2v) is 42.1. The number of anilines is 6. The molecule has 137 heavy (non-hydrogen) atoms. The number of rotatable bonds is 25. The van der Waals surface area contributed by atoms with Gasteiger partial charge < -0.3 is 9.84 Å². The Hall–Kier alpha value is -12.6. The fraction of sp³-hybridized carbons (Fsp3) is 0.548. The van der Waals surface area contributed by atoms with E-state index in [9.17, 15) is 33.9 Å². The maximum Gasteiger partial charge on any atom is 0.229 e. The molecule has 6 aliphatic rings. The van der Waals surface area contributed by atoms with Crippen molar-refractivity contribution in [3.63, 3.8) is 0 Å². The van der Waals surface area contributed by atoms with Crippen LogP contribution in [0.1, 0.15) is 322 Å². The smallest absolute Gasteiger partial charge is 0.229 e. The van der Waals surface area contributed by atoms with Gasteiger partial charge in [0.15, 0.2) is 33.9 Å². The van der Waals surface area contributed by atoms with E-state index in [2.05, 4.69) is 147 Å². The molecule has 19 rings (SSSR count). The molecular formula is C104H141N25O8. The molecule has 13 heterocycles. The molecule has 0 bridgehead atoms. The van der Waals surface area contributed by atoms with Gasteiger partial charge in [-0.2, -0.15) is 4.98 Å². The Morgan fingerprint density at radius 1 is 0.365 bits per heavy atom. The standard InChI is InChI=1S/C20H23N5O.C19H28N4O2.C17H24N4O2.3C16H22N4O/c1-13-5-8-16(21-12-13)25-18-15(7-6-14(2)22-18)23-19(25)24-17(26)11-20(3)9-4-10-20;1-12(2)25-16-10-9-14-17(22-16)23(13-7-6-8-13)18(20-14)21-15(24)11-19(3,4)5;1-11-8-9-13-15(18-11)21(12-6-4-5-7-12)16(19-13)20-14(22)10-17(2,3)23;3*1-10(2)9-14(21)19-16-18-13-8-7-11(3)17-15(13)20(16)12-5-4-6-12/h5-8,12H,4,9-11H2,1-3H3,(H,23,24,26);9-10,12-13H,6-8,11H2,1-5H3,(H,20,21,24);8-9,12,23H,4-7,10H2,1-3H3,(H,19,20,22);3*7-8,10,12H,4-6,9H2,1-3H3,(H,18,19,21). The summed E-state index contributed by atoms with van der Waals surface area (Å²) in [6, 6.07) is 29.1. The largest absolute Gasteiger partial charge is 0.475 e. The Kier molecular flexibility index (Phi) is 31.8. The fourth-order valence-corrected chi connectivity index (χ4v) is 17.8. The van der Waals surface area contributed by atoms with Gasteiger partial charge in [0.05, 0.1) is 18.1 Å². The van der Waals surface area contributed by atoms with E-state index >= 15 is 0 Å². The zero-order valence-corrected chi connectivity index (χ0v) is 83.8. The molecule has 6 fully saturated rings. The maximum absolute atomic E-state index is 12.6. The van der Waals surface area contributed by atoms with Gasteiger partial charge in [-0.15, -0.1) is 0 Å². The summed E-state index contributed by atoms with van der Waals surface area (Å²) >= 11 is 0. The summed E-state index contributed by atoms with van der Waals surface area (Å²) in [5.41, 5.74) is 14.7. The predicted molar refractivity (Wildman–Crippen MR) is 539 cm³/mol. The SMILES string of the molecule is CC(C)Oc1ccc2nc(NC(=O)CC(C)(C)C)n(C3CCC3)c2n1.Cc1ccc(-n2c(NC(=O)CC3(C)CCC3)nc3ccc(C)nc32)nc1.Cc1ccc2nc(NC(=O)CC(C)(C)O)n(C3CCCC3)c2n1.Cc1ccc2nc(NC(=O)CC(C)C)n(C3CCC3)c2n1.Cc1ccc2nc(NC(=O)CC(C)C)n(C3CCC3)c2n1.Cc1ccc2nc(NC(=O)CC(C)C)n(C3CCC3)c2n1. The number of carbonyl (C=O) groups excluding carboxylic acids is 6. The Bertz CT molecular complexity index is 6190. The van der Waals surface area contributed by atoms with Crippen LogP contribution in [0.3, 0.4) is 0 Å². The van der Waals surface area contributed by atoms with Gasteiger partial charge in [-0.3, -0.25) is 83.5 Å². The van der Waals surface area contributed by atoms with Crippen LogP contribution in [0.4, 0.5) is 35.7 Å². The van der Waals surface area contributed by atoms with Crippen molar-refractivity contribution in [2.24, 2.45) is 28.6 Å². The van der Waals surface area contributed by atoms with Crippen molar-refractivity contribution in [1.29, 1.82) is 0 Å². The number of fused-ring (bicyclic) bond motifs is 6. The topological polar surface area (TPSA) is 401 Å². The monoisotopic (exact) mass is 1870 g/mol. The molecule has 13 aromatic heterocycles. The van der Waals surface area contributed by atoms with Crippen LogP contribution >= 0.6 is 0 Å². The summed E-state index contributed by atoms with van der Waals surface area (Å²) in [6.07, 6.45) is 26.2. The molecule has 0 spiro atoms. The fourth-order valence-electron chi connectivity index (χ4n) is 17.8. The summed E-state index contributed by atoms with van der Waals surface area (Å²) in [6.45, 7) is 39.6. The Balaban J connectivity index is 0.000000132. The van der Waals surface area contributed by atoms with E-state index in [1.54, 1.807) is 20.0 Å². The van der Waals surface area contributed by atoms with Gasteiger partial charge in [0.2, 0.25) is 77.0 Å². The number of imidazole rings is 6. The van der Waals surface area contributed by atoms with Gasteiger partial charge >= 0.3 is 0 Å². The number of aromatic nitrogens is 19. The molecule has 730 valence electrons. The third kappa shape index (κ3) is 25.8. The molecule has 0 aromatic carbocycles. The third-order valence-corrected chi connectivity index (χ3v) is 25.5. The zero-order chi connectivity index (χ0) is 98.1. The van der Waals surface area contributed by atoms with Crippen LogP contribution in [0.5, 0.6) is 5.88 Å². The van der Waals surface area contributed by atoms with E-state index in [1.807, 2.05) is 186 Å². The van der Waals surface area contributed by atoms with E-state index in [0.717, 1.165) is 172 Å². The lowest BCUT2D eigenvalue weighted by Gasteiger charge is -2.37. The van der Waals surface area contributed by atoms with Gasteiger partial charge in [-0.05, 0) is 279 Å². The minimum atomic E-state index is -1.04. The van der Waals surface area contributed by atoms with E-state index < -0.39 is 5.60 Å². The first-order valence-corrected chi connectivity index (χ1v) is 49.4. The number of pyridine rings is 7. The lowest BCUT2D eigenvalue weighted by Crippen LogP contribution is -2.31. The van der Waals surface area contributed by atoms with Crippen molar-refractivity contribution in [1.82, 2.24) is 92.2 Å². The predicted octanol–water partition coefficient (Wildman–Crippen LogP) is 21.6. The van der Waals surface area contributed by atoms with Crippen LogP contribution in [-0.2, 0) is 28.8 Å². The molecule has 6 amide bonds. The van der Waals surface area contributed by atoms with Crippen LogP contribution in [0, 0.1) is 70.1 Å². The first-order chi connectivity index (χ1) is 65.1. The number of ether oxygens (including phenoxy) is 1. The molecule has 0 unspecified atom stereocenters. The summed E-state index contributed by atoms with van der Waals surface area (Å²) in [4.78, 5) is 133.